The standard InChI is InChI=1S/C48H47N3OS/c1-53(2,3)41-31-29-38(42(32-18-8-4-9-19-32)44(41)34-22-12-6-13-23-34)48-50-46(35-24-14-7-15-25-35)49-47(51-48)37-28-30-40-45(36-26-16-17-27-39(36)52-40)43(37)33-20-10-5-11-21-33/h4-12,14-16,18-22,24-26,28-31,46-51H,13,17,23,27H2,1-3H3. The van der Waals surface area contributed by atoms with Crippen LogP contribution >= 0.6 is 10.0 Å². The zero-order chi connectivity index (χ0) is 35.9. The lowest BCUT2D eigenvalue weighted by Crippen LogP contribution is -2.54. The van der Waals surface area contributed by atoms with Gasteiger partial charge in [-0.05, 0) is 105 Å². The van der Waals surface area contributed by atoms with Crippen LogP contribution in [0.15, 0.2) is 149 Å². The van der Waals surface area contributed by atoms with Crippen LogP contribution in [-0.2, 0) is 6.42 Å². The molecule has 6 aromatic rings. The van der Waals surface area contributed by atoms with Gasteiger partial charge in [-0.3, -0.25) is 16.0 Å². The van der Waals surface area contributed by atoms with Crippen molar-refractivity contribution in [2.45, 2.75) is 49.1 Å². The molecule has 9 rings (SSSR count). The van der Waals surface area contributed by atoms with E-state index in [0.717, 1.165) is 37.0 Å². The second-order valence-corrected chi connectivity index (χ2v) is 19.2. The van der Waals surface area contributed by atoms with Gasteiger partial charge in [0.05, 0.1) is 18.5 Å². The summed E-state index contributed by atoms with van der Waals surface area (Å²) in [6.07, 6.45) is 22.3. The number of hydrogen-bond donors (Lipinski definition) is 3. The SMILES string of the molecule is CS(C)(C)c1ccc(C2NC(c3ccccc3)NC(c3ccc4oc5c(c4c3-c3ccccc3)C=CCC5)N2)c(-c2ccccc2)c1C1=CC=CCC1. The molecule has 0 amide bonds. The Hall–Kier alpha value is -4.91. The summed E-state index contributed by atoms with van der Waals surface area (Å²) in [5, 5.41) is 13.4. The second-order valence-electron chi connectivity index (χ2n) is 15.1. The molecule has 53 heavy (non-hydrogen) atoms. The van der Waals surface area contributed by atoms with Gasteiger partial charge >= 0.3 is 0 Å². The number of hydrogen-bond acceptors (Lipinski definition) is 4. The van der Waals surface area contributed by atoms with Gasteiger partial charge in [-0.15, -0.1) is 0 Å². The van der Waals surface area contributed by atoms with E-state index < -0.39 is 10.0 Å². The number of fused-ring (bicyclic) bond motifs is 3. The molecule has 2 heterocycles. The van der Waals surface area contributed by atoms with Crippen molar-refractivity contribution in [3.8, 4) is 22.3 Å². The third-order valence-electron chi connectivity index (χ3n) is 10.9. The molecule has 3 atom stereocenters. The zero-order valence-corrected chi connectivity index (χ0v) is 31.5. The topological polar surface area (TPSA) is 49.2 Å². The van der Waals surface area contributed by atoms with Crippen molar-refractivity contribution in [2.75, 3.05) is 18.8 Å². The first-order chi connectivity index (χ1) is 25.9. The molecule has 1 aliphatic heterocycles. The average molecular weight is 714 g/mol. The molecular formula is C48H47N3OS. The Balaban J connectivity index is 1.27. The van der Waals surface area contributed by atoms with Crippen LogP contribution in [0.5, 0.6) is 0 Å². The van der Waals surface area contributed by atoms with E-state index in [4.69, 9.17) is 4.42 Å². The first-order valence-corrected chi connectivity index (χ1v) is 21.7. The molecule has 0 spiro atoms. The van der Waals surface area contributed by atoms with Crippen LogP contribution in [0.25, 0.3) is 44.9 Å². The number of allylic oxidation sites excluding steroid dienone is 5. The van der Waals surface area contributed by atoms with Crippen molar-refractivity contribution in [3.05, 3.63) is 173 Å². The molecular weight excluding hydrogens is 667 g/mol. The van der Waals surface area contributed by atoms with Crippen LogP contribution in [-0.4, -0.2) is 18.8 Å². The van der Waals surface area contributed by atoms with Gasteiger partial charge in [0.1, 0.15) is 11.3 Å². The fourth-order valence-electron chi connectivity index (χ4n) is 8.45. The van der Waals surface area contributed by atoms with Crippen molar-refractivity contribution in [2.24, 2.45) is 0 Å². The lowest BCUT2D eigenvalue weighted by atomic mass is 9.85. The van der Waals surface area contributed by atoms with Crippen LogP contribution < -0.4 is 16.0 Å². The molecule has 266 valence electrons. The van der Waals surface area contributed by atoms with E-state index in [9.17, 15) is 0 Å². The third-order valence-corrected chi connectivity index (χ3v) is 12.6. The quantitative estimate of drug-likeness (QED) is 0.154. The van der Waals surface area contributed by atoms with Crippen molar-refractivity contribution < 1.29 is 4.42 Å². The maximum Gasteiger partial charge on any atom is 0.135 e. The maximum atomic E-state index is 6.54. The van der Waals surface area contributed by atoms with E-state index in [1.807, 2.05) is 0 Å². The molecule has 3 aliphatic rings. The number of furan rings is 1. The van der Waals surface area contributed by atoms with Gasteiger partial charge in [0, 0.05) is 17.4 Å². The summed E-state index contributed by atoms with van der Waals surface area (Å²) in [6.45, 7) is 0. The highest BCUT2D eigenvalue weighted by atomic mass is 32.3. The highest BCUT2D eigenvalue weighted by Gasteiger charge is 2.35. The van der Waals surface area contributed by atoms with Crippen LogP contribution in [0, 0.1) is 0 Å². The van der Waals surface area contributed by atoms with Crippen molar-refractivity contribution in [1.82, 2.24) is 16.0 Å². The van der Waals surface area contributed by atoms with Gasteiger partial charge in [0.15, 0.2) is 0 Å². The van der Waals surface area contributed by atoms with Crippen molar-refractivity contribution in [3.63, 3.8) is 0 Å². The molecule has 5 aromatic carbocycles. The largest absolute Gasteiger partial charge is 0.460 e. The van der Waals surface area contributed by atoms with Gasteiger partial charge in [-0.2, -0.15) is 0 Å². The fourth-order valence-corrected chi connectivity index (χ4v) is 9.77. The Labute approximate surface area is 315 Å². The van der Waals surface area contributed by atoms with E-state index >= 15 is 0 Å². The highest BCUT2D eigenvalue weighted by Crippen LogP contribution is 2.53. The highest BCUT2D eigenvalue weighted by molar-refractivity contribution is 8.32. The Bertz CT molecular complexity index is 2370. The minimum Gasteiger partial charge on any atom is -0.460 e. The molecule has 0 radical (unpaired) electrons. The predicted octanol–water partition coefficient (Wildman–Crippen LogP) is 11.7. The lowest BCUT2D eigenvalue weighted by molar-refractivity contribution is 0.204. The van der Waals surface area contributed by atoms with Crippen molar-refractivity contribution in [1.29, 1.82) is 0 Å². The van der Waals surface area contributed by atoms with Crippen LogP contribution in [0.1, 0.15) is 71.3 Å². The summed E-state index contributed by atoms with van der Waals surface area (Å²) < 4.78 is 6.54. The Morgan fingerprint density at radius 1 is 0.585 bits per heavy atom. The summed E-state index contributed by atoms with van der Waals surface area (Å²) >= 11 is 0. The third kappa shape index (κ3) is 6.42. The first kappa shape index (κ1) is 33.9. The van der Waals surface area contributed by atoms with Gasteiger partial charge in [0.25, 0.3) is 0 Å². The monoisotopic (exact) mass is 713 g/mol. The normalized spacial score (nSPS) is 20.3. The summed E-state index contributed by atoms with van der Waals surface area (Å²) in [4.78, 5) is 1.46. The van der Waals surface area contributed by atoms with E-state index in [-0.39, 0.29) is 18.5 Å². The number of nitrogens with one attached hydrogen (secondary N) is 3. The number of aryl methyl sites for hydroxylation is 1. The van der Waals surface area contributed by atoms with Crippen LogP contribution in [0.4, 0.5) is 0 Å². The number of rotatable bonds is 7. The van der Waals surface area contributed by atoms with Gasteiger partial charge < -0.3 is 4.42 Å². The number of benzene rings is 5. The van der Waals surface area contributed by atoms with Gasteiger partial charge in [0.2, 0.25) is 0 Å². The van der Waals surface area contributed by atoms with E-state index in [1.54, 1.807) is 0 Å². The lowest BCUT2D eigenvalue weighted by Gasteiger charge is -2.42. The van der Waals surface area contributed by atoms with E-state index in [1.165, 1.54) is 65.9 Å². The minimum atomic E-state index is -1.06. The van der Waals surface area contributed by atoms with E-state index in [2.05, 4.69) is 180 Å². The molecule has 5 heteroatoms. The van der Waals surface area contributed by atoms with Gasteiger partial charge in [-0.1, -0.05) is 134 Å². The summed E-state index contributed by atoms with van der Waals surface area (Å²) in [7, 11) is -1.06. The first-order valence-electron chi connectivity index (χ1n) is 18.8. The molecule has 1 aromatic heterocycles. The average Bonchev–Trinajstić information content (AvgIpc) is 3.59. The Morgan fingerprint density at radius 2 is 1.19 bits per heavy atom. The molecule has 0 saturated carbocycles. The fraction of sp³-hybridized carbons (Fsp3) is 0.208. The smallest absolute Gasteiger partial charge is 0.135 e. The zero-order valence-electron chi connectivity index (χ0n) is 30.7. The predicted molar refractivity (Wildman–Crippen MR) is 225 cm³/mol. The summed E-state index contributed by atoms with van der Waals surface area (Å²) in [5.41, 5.74) is 13.6. The van der Waals surface area contributed by atoms with Crippen LogP contribution in [0.3, 0.4) is 0 Å². The minimum absolute atomic E-state index is 0.109. The molecule has 3 N–H and O–H groups in total. The van der Waals surface area contributed by atoms with Crippen LogP contribution in [0.2, 0.25) is 0 Å². The molecule has 4 nitrogen and oxygen atoms in total. The maximum absolute atomic E-state index is 6.54. The molecule has 0 bridgehead atoms. The van der Waals surface area contributed by atoms with Crippen molar-refractivity contribution >= 4 is 32.6 Å². The Kier molecular flexibility index (Phi) is 9.05. The second kappa shape index (κ2) is 14.1. The van der Waals surface area contributed by atoms with E-state index in [0.29, 0.717) is 0 Å². The molecule has 2 aliphatic carbocycles. The Morgan fingerprint density at radius 3 is 1.85 bits per heavy atom. The summed E-state index contributed by atoms with van der Waals surface area (Å²) in [5.74, 6) is 1.08. The van der Waals surface area contributed by atoms with Gasteiger partial charge in [-0.25, -0.2) is 10.0 Å². The molecule has 1 saturated heterocycles. The summed E-state index contributed by atoms with van der Waals surface area (Å²) in [6, 6.07) is 42.0. The molecule has 1 fully saturated rings. The molecule has 3 unspecified atom stereocenters.